The smallest absolute Gasteiger partial charge is 0.269 e. The Bertz CT molecular complexity index is 1430. The minimum Gasteiger partial charge on any atom is -0.380 e. The largest absolute Gasteiger partial charge is 0.380 e. The molecule has 4 aromatic rings. The van der Waals surface area contributed by atoms with Crippen LogP contribution in [0.25, 0.3) is 28.0 Å². The summed E-state index contributed by atoms with van der Waals surface area (Å²) in [6, 6.07) is 10.8. The molecule has 3 N–H and O–H groups in total. The maximum atomic E-state index is 12.1. The van der Waals surface area contributed by atoms with Crippen molar-refractivity contribution in [3.8, 4) is 28.8 Å². The highest BCUT2D eigenvalue weighted by atomic mass is 16.3. The lowest BCUT2D eigenvalue weighted by atomic mass is 10.1. The Morgan fingerprint density at radius 1 is 1.29 bits per heavy atom. The first kappa shape index (κ1) is 22.7. The number of rotatable bonds is 7. The Hall–Kier alpha value is -4.49. The number of pyridine rings is 1. The molecule has 34 heavy (non-hydrogen) atoms. The first-order chi connectivity index (χ1) is 16.4. The minimum atomic E-state index is -0.871. The van der Waals surface area contributed by atoms with E-state index in [2.05, 4.69) is 27.0 Å². The monoisotopic (exact) mass is 457 g/mol. The number of aliphatic hydroxyl groups is 1. The highest BCUT2D eigenvalue weighted by molar-refractivity contribution is 6.04. The molecule has 2 amide bonds. The summed E-state index contributed by atoms with van der Waals surface area (Å²) in [4.78, 5) is 28.7. The van der Waals surface area contributed by atoms with E-state index in [1.165, 1.54) is 9.58 Å². The third kappa shape index (κ3) is 4.79. The first-order valence-corrected chi connectivity index (χ1v) is 10.5. The molecule has 10 nitrogen and oxygen atoms in total. The van der Waals surface area contributed by atoms with Crippen LogP contribution in [0.1, 0.15) is 22.5 Å². The Balaban J connectivity index is 1.68. The van der Waals surface area contributed by atoms with Gasteiger partial charge < -0.3 is 15.7 Å². The van der Waals surface area contributed by atoms with Gasteiger partial charge in [0.2, 0.25) is 6.41 Å². The maximum absolute atomic E-state index is 12.1. The standard InChI is InChI=1S/C24H23N7O3/c1-29(15-32)10-8-19(33)7-6-16-4-3-5-18(12-16)31-24-20(22(28-31)23(25)34)13-17(14-26-24)21-9-11-30(2)27-21/h3-5,9,11-15,19,33H,8,10H2,1-2H3,(H2,25,34). The van der Waals surface area contributed by atoms with E-state index in [0.29, 0.717) is 41.7 Å². The van der Waals surface area contributed by atoms with Crippen molar-refractivity contribution < 1.29 is 14.7 Å². The molecular formula is C24H23N7O3. The van der Waals surface area contributed by atoms with Crippen LogP contribution in [0.5, 0.6) is 0 Å². The Morgan fingerprint density at radius 3 is 2.82 bits per heavy atom. The summed E-state index contributed by atoms with van der Waals surface area (Å²) < 4.78 is 3.22. The van der Waals surface area contributed by atoms with Gasteiger partial charge in [0.1, 0.15) is 6.10 Å². The van der Waals surface area contributed by atoms with Gasteiger partial charge in [0.15, 0.2) is 11.3 Å². The van der Waals surface area contributed by atoms with Crippen molar-refractivity contribution in [3.63, 3.8) is 0 Å². The maximum Gasteiger partial charge on any atom is 0.269 e. The zero-order valence-corrected chi connectivity index (χ0v) is 18.7. The topological polar surface area (TPSA) is 132 Å². The van der Waals surface area contributed by atoms with E-state index in [9.17, 15) is 14.7 Å². The summed E-state index contributed by atoms with van der Waals surface area (Å²) in [6.45, 7) is 0.403. The average Bonchev–Trinajstić information content (AvgIpc) is 3.44. The van der Waals surface area contributed by atoms with Crippen molar-refractivity contribution in [3.05, 3.63) is 60.0 Å². The van der Waals surface area contributed by atoms with Crippen LogP contribution < -0.4 is 5.73 Å². The third-order valence-corrected chi connectivity index (χ3v) is 5.17. The molecule has 4 rings (SSSR count). The van der Waals surface area contributed by atoms with Gasteiger partial charge in [-0.15, -0.1) is 0 Å². The predicted octanol–water partition coefficient (Wildman–Crippen LogP) is 1.11. The summed E-state index contributed by atoms with van der Waals surface area (Å²) in [6.07, 6.45) is 3.66. The summed E-state index contributed by atoms with van der Waals surface area (Å²) in [5.41, 5.74) is 8.91. The molecule has 0 radical (unpaired) electrons. The predicted molar refractivity (Wildman–Crippen MR) is 126 cm³/mol. The third-order valence-electron chi connectivity index (χ3n) is 5.17. The molecule has 3 heterocycles. The molecule has 0 fully saturated rings. The molecular weight excluding hydrogens is 434 g/mol. The molecule has 0 saturated carbocycles. The van der Waals surface area contributed by atoms with Crippen LogP contribution in [-0.4, -0.2) is 66.6 Å². The normalized spacial score (nSPS) is 11.6. The van der Waals surface area contributed by atoms with Gasteiger partial charge in [0, 0.05) is 50.6 Å². The lowest BCUT2D eigenvalue weighted by Gasteiger charge is -2.10. The lowest BCUT2D eigenvalue weighted by Crippen LogP contribution is -2.21. The highest BCUT2D eigenvalue weighted by Crippen LogP contribution is 2.26. The van der Waals surface area contributed by atoms with Crippen molar-refractivity contribution in [1.82, 2.24) is 29.4 Å². The van der Waals surface area contributed by atoms with E-state index < -0.39 is 12.0 Å². The number of aryl methyl sites for hydroxylation is 1. The van der Waals surface area contributed by atoms with Crippen LogP contribution in [0.3, 0.4) is 0 Å². The van der Waals surface area contributed by atoms with Crippen molar-refractivity contribution in [2.24, 2.45) is 12.8 Å². The van der Waals surface area contributed by atoms with E-state index >= 15 is 0 Å². The van der Waals surface area contributed by atoms with Crippen molar-refractivity contribution >= 4 is 23.4 Å². The lowest BCUT2D eigenvalue weighted by molar-refractivity contribution is -0.117. The van der Waals surface area contributed by atoms with Crippen LogP contribution in [0.15, 0.2) is 48.8 Å². The summed E-state index contributed by atoms with van der Waals surface area (Å²) in [5.74, 6) is 5.05. The molecule has 172 valence electrons. The van der Waals surface area contributed by atoms with Crippen LogP contribution in [0.2, 0.25) is 0 Å². The fraction of sp³-hybridized carbons (Fsp3) is 0.208. The zero-order valence-electron chi connectivity index (χ0n) is 18.7. The Kier molecular flexibility index (Phi) is 6.38. The molecule has 0 aliphatic heterocycles. The van der Waals surface area contributed by atoms with Gasteiger partial charge in [-0.05, 0) is 30.3 Å². The number of nitrogens with zero attached hydrogens (tertiary/aromatic N) is 6. The quantitative estimate of drug-likeness (QED) is 0.316. The SMILES string of the molecule is CN(C=O)CCC(O)C#Cc1cccc(-n2nc(C(N)=O)c3cc(-c4ccn(C)n4)cnc32)c1. The molecule has 10 heteroatoms. The van der Waals surface area contributed by atoms with E-state index in [-0.39, 0.29) is 5.69 Å². The Morgan fingerprint density at radius 2 is 2.12 bits per heavy atom. The van der Waals surface area contributed by atoms with Gasteiger partial charge in [-0.25, -0.2) is 9.67 Å². The Labute approximate surface area is 195 Å². The fourth-order valence-corrected chi connectivity index (χ4v) is 3.41. The number of carbonyl (C=O) groups is 2. The number of nitrogens with two attached hydrogens (primary N) is 1. The number of hydrogen-bond donors (Lipinski definition) is 2. The summed E-state index contributed by atoms with van der Waals surface area (Å²) in [5, 5.41) is 19.4. The number of amides is 2. The second kappa shape index (κ2) is 9.56. The van der Waals surface area contributed by atoms with Crippen molar-refractivity contribution in [1.29, 1.82) is 0 Å². The van der Waals surface area contributed by atoms with Crippen LogP contribution in [0, 0.1) is 11.8 Å². The van der Waals surface area contributed by atoms with E-state index in [0.717, 1.165) is 11.3 Å². The number of benzene rings is 1. The van der Waals surface area contributed by atoms with Crippen molar-refractivity contribution in [2.45, 2.75) is 12.5 Å². The average molecular weight is 457 g/mol. The molecule has 0 aliphatic rings. The van der Waals surface area contributed by atoms with Gasteiger partial charge in [-0.2, -0.15) is 10.2 Å². The van der Waals surface area contributed by atoms with Crippen LogP contribution in [0.4, 0.5) is 0 Å². The summed E-state index contributed by atoms with van der Waals surface area (Å²) >= 11 is 0. The molecule has 1 aromatic carbocycles. The number of primary amides is 1. The number of hydrogen-bond acceptors (Lipinski definition) is 6. The van der Waals surface area contributed by atoms with Crippen LogP contribution >= 0.6 is 0 Å². The van der Waals surface area contributed by atoms with E-state index in [1.54, 1.807) is 42.2 Å². The zero-order chi connectivity index (χ0) is 24.2. The molecule has 1 unspecified atom stereocenters. The molecule has 0 bridgehead atoms. The van der Waals surface area contributed by atoms with Gasteiger partial charge in [0.05, 0.1) is 16.8 Å². The number of aliphatic hydroxyl groups excluding tert-OH is 1. The second-order valence-electron chi connectivity index (χ2n) is 7.80. The number of carbonyl (C=O) groups excluding carboxylic acids is 2. The molecule has 0 spiro atoms. The van der Waals surface area contributed by atoms with Gasteiger partial charge in [0.25, 0.3) is 5.91 Å². The van der Waals surface area contributed by atoms with Crippen molar-refractivity contribution in [2.75, 3.05) is 13.6 Å². The second-order valence-corrected chi connectivity index (χ2v) is 7.80. The fourth-order valence-electron chi connectivity index (χ4n) is 3.41. The first-order valence-electron chi connectivity index (χ1n) is 10.5. The van der Waals surface area contributed by atoms with Gasteiger partial charge in [-0.1, -0.05) is 17.9 Å². The van der Waals surface area contributed by atoms with E-state index in [1.807, 2.05) is 25.4 Å². The van der Waals surface area contributed by atoms with Gasteiger partial charge in [-0.3, -0.25) is 14.3 Å². The van der Waals surface area contributed by atoms with E-state index in [4.69, 9.17) is 5.73 Å². The molecule has 0 saturated heterocycles. The summed E-state index contributed by atoms with van der Waals surface area (Å²) in [7, 11) is 3.46. The minimum absolute atomic E-state index is 0.103. The van der Waals surface area contributed by atoms with Crippen LogP contribution in [-0.2, 0) is 11.8 Å². The molecule has 0 aliphatic carbocycles. The van der Waals surface area contributed by atoms with Gasteiger partial charge >= 0.3 is 0 Å². The molecule has 1 atom stereocenters. The highest BCUT2D eigenvalue weighted by Gasteiger charge is 2.18. The number of aromatic nitrogens is 5. The number of fused-ring (bicyclic) bond motifs is 1. The molecule has 3 aromatic heterocycles.